The van der Waals surface area contributed by atoms with Crippen molar-refractivity contribution in [1.82, 2.24) is 14.6 Å². The fourth-order valence-corrected chi connectivity index (χ4v) is 4.46. The lowest BCUT2D eigenvalue weighted by atomic mass is 10.1. The topological polar surface area (TPSA) is 76.8 Å². The van der Waals surface area contributed by atoms with Gasteiger partial charge in [-0.15, -0.1) is 0 Å². The number of furan rings is 2. The predicted octanol–water partition coefficient (Wildman–Crippen LogP) is 4.84. The molecule has 1 amide bonds. The minimum Gasteiger partial charge on any atom is -0.467 e. The van der Waals surface area contributed by atoms with Gasteiger partial charge in [0, 0.05) is 18.8 Å². The summed E-state index contributed by atoms with van der Waals surface area (Å²) in [6.07, 6.45) is 7.40. The second kappa shape index (κ2) is 8.31. The van der Waals surface area contributed by atoms with Crippen LogP contribution in [0.15, 0.2) is 92.5 Å². The monoisotopic (exact) mass is 432 g/mol. The Hall–Kier alpha value is -3.52. The van der Waals surface area contributed by atoms with Crippen LogP contribution in [0.4, 0.5) is 0 Å². The SMILES string of the molecule is Cc1ccccc1-n1ccnc1SCC(=O)N1N=C(c2ccco2)CC1c1ccco1. The average molecular weight is 433 g/mol. The third kappa shape index (κ3) is 3.82. The van der Waals surface area contributed by atoms with Crippen LogP contribution < -0.4 is 0 Å². The van der Waals surface area contributed by atoms with Crippen LogP contribution in [-0.2, 0) is 4.79 Å². The van der Waals surface area contributed by atoms with E-state index >= 15 is 0 Å². The number of aromatic nitrogens is 2. The summed E-state index contributed by atoms with van der Waals surface area (Å²) < 4.78 is 13.1. The van der Waals surface area contributed by atoms with Crippen LogP contribution in [0.5, 0.6) is 0 Å². The lowest BCUT2D eigenvalue weighted by Gasteiger charge is -2.19. The standard InChI is InChI=1S/C23H20N4O3S/c1-16-6-2-3-7-18(16)26-11-10-24-23(26)31-15-22(28)27-19(21-9-5-13-30-21)14-17(25-27)20-8-4-12-29-20/h2-13,19H,14-15H2,1H3. The highest BCUT2D eigenvalue weighted by atomic mass is 32.2. The summed E-state index contributed by atoms with van der Waals surface area (Å²) in [4.78, 5) is 17.6. The highest BCUT2D eigenvalue weighted by molar-refractivity contribution is 7.99. The Labute approximate surface area is 183 Å². The molecule has 0 N–H and O–H groups in total. The van der Waals surface area contributed by atoms with Crippen molar-refractivity contribution in [2.24, 2.45) is 5.10 Å². The predicted molar refractivity (Wildman–Crippen MR) is 117 cm³/mol. The van der Waals surface area contributed by atoms with Crippen LogP contribution in [0.1, 0.15) is 29.5 Å². The summed E-state index contributed by atoms with van der Waals surface area (Å²) in [7, 11) is 0. The van der Waals surface area contributed by atoms with Crippen LogP contribution in [0.25, 0.3) is 5.69 Å². The molecule has 0 radical (unpaired) electrons. The van der Waals surface area contributed by atoms with Crippen molar-refractivity contribution in [1.29, 1.82) is 0 Å². The van der Waals surface area contributed by atoms with E-state index in [0.717, 1.165) is 22.1 Å². The van der Waals surface area contributed by atoms with Gasteiger partial charge < -0.3 is 8.83 Å². The van der Waals surface area contributed by atoms with Gasteiger partial charge in [0.2, 0.25) is 0 Å². The molecule has 1 atom stereocenters. The molecule has 0 spiro atoms. The van der Waals surface area contributed by atoms with Gasteiger partial charge in [0.25, 0.3) is 5.91 Å². The summed E-state index contributed by atoms with van der Waals surface area (Å²) in [5.41, 5.74) is 2.91. The van der Waals surface area contributed by atoms with Crippen LogP contribution >= 0.6 is 11.8 Å². The van der Waals surface area contributed by atoms with E-state index in [9.17, 15) is 4.79 Å². The first kappa shape index (κ1) is 19.4. The van der Waals surface area contributed by atoms with E-state index in [-0.39, 0.29) is 17.7 Å². The van der Waals surface area contributed by atoms with E-state index in [2.05, 4.69) is 23.1 Å². The molecule has 1 unspecified atom stereocenters. The van der Waals surface area contributed by atoms with Crippen molar-refractivity contribution >= 4 is 23.4 Å². The molecule has 31 heavy (non-hydrogen) atoms. The number of nitrogens with zero attached hydrogens (tertiary/aromatic N) is 4. The number of carbonyl (C=O) groups excluding carboxylic acids is 1. The molecule has 4 heterocycles. The molecule has 5 rings (SSSR count). The summed E-state index contributed by atoms with van der Waals surface area (Å²) in [5.74, 6) is 1.45. The summed E-state index contributed by atoms with van der Waals surface area (Å²) >= 11 is 1.39. The Bertz CT molecular complexity index is 1210. The maximum Gasteiger partial charge on any atom is 0.253 e. The minimum absolute atomic E-state index is 0.118. The Balaban J connectivity index is 1.36. The molecule has 7 nitrogen and oxygen atoms in total. The molecule has 0 bridgehead atoms. The maximum atomic E-state index is 13.2. The number of imidazole rings is 1. The molecule has 0 saturated heterocycles. The van der Waals surface area contributed by atoms with Gasteiger partial charge in [-0.05, 0) is 42.8 Å². The first-order valence-electron chi connectivity index (χ1n) is 9.89. The van der Waals surface area contributed by atoms with E-state index in [1.54, 1.807) is 18.7 Å². The Kier molecular flexibility index (Phi) is 5.21. The van der Waals surface area contributed by atoms with E-state index in [4.69, 9.17) is 8.83 Å². The number of rotatable bonds is 6. The van der Waals surface area contributed by atoms with Gasteiger partial charge in [0.1, 0.15) is 23.3 Å². The Morgan fingerprint density at radius 1 is 1.13 bits per heavy atom. The van der Waals surface area contributed by atoms with Crippen molar-refractivity contribution in [3.63, 3.8) is 0 Å². The summed E-state index contributed by atoms with van der Waals surface area (Å²) in [5, 5.41) is 6.83. The highest BCUT2D eigenvalue weighted by Crippen LogP contribution is 2.34. The van der Waals surface area contributed by atoms with Crippen LogP contribution in [-0.4, -0.2) is 31.9 Å². The fraction of sp³-hybridized carbons (Fsp3) is 0.174. The summed E-state index contributed by atoms with van der Waals surface area (Å²) in [6, 6.07) is 15.1. The number of para-hydroxylation sites is 1. The van der Waals surface area contributed by atoms with Gasteiger partial charge in [-0.2, -0.15) is 5.10 Å². The first-order chi connectivity index (χ1) is 15.2. The zero-order valence-electron chi connectivity index (χ0n) is 16.8. The normalized spacial score (nSPS) is 16.0. The molecule has 0 aliphatic carbocycles. The number of amides is 1. The van der Waals surface area contributed by atoms with E-state index in [1.165, 1.54) is 16.8 Å². The molecular formula is C23H20N4O3S. The van der Waals surface area contributed by atoms with E-state index in [1.807, 2.05) is 53.2 Å². The quantitative estimate of drug-likeness (QED) is 0.408. The van der Waals surface area contributed by atoms with Crippen molar-refractivity contribution in [3.8, 4) is 5.69 Å². The molecule has 4 aromatic rings. The van der Waals surface area contributed by atoms with Crippen molar-refractivity contribution < 1.29 is 13.6 Å². The lowest BCUT2D eigenvalue weighted by Crippen LogP contribution is -2.28. The molecule has 0 fully saturated rings. The number of carbonyl (C=O) groups is 1. The van der Waals surface area contributed by atoms with Crippen LogP contribution in [0, 0.1) is 6.92 Å². The van der Waals surface area contributed by atoms with E-state index < -0.39 is 0 Å². The van der Waals surface area contributed by atoms with Gasteiger partial charge in [-0.3, -0.25) is 9.36 Å². The Morgan fingerprint density at radius 2 is 1.97 bits per heavy atom. The zero-order chi connectivity index (χ0) is 21.2. The minimum atomic E-state index is -0.292. The molecule has 156 valence electrons. The lowest BCUT2D eigenvalue weighted by molar-refractivity contribution is -0.130. The highest BCUT2D eigenvalue weighted by Gasteiger charge is 2.35. The third-order valence-electron chi connectivity index (χ3n) is 5.15. The largest absolute Gasteiger partial charge is 0.467 e. The molecule has 1 aliphatic rings. The maximum absolute atomic E-state index is 13.2. The van der Waals surface area contributed by atoms with Crippen LogP contribution in [0.3, 0.4) is 0 Å². The van der Waals surface area contributed by atoms with Crippen molar-refractivity contribution in [2.45, 2.75) is 24.5 Å². The molecule has 3 aromatic heterocycles. The van der Waals surface area contributed by atoms with Gasteiger partial charge in [-0.1, -0.05) is 30.0 Å². The fourth-order valence-electron chi connectivity index (χ4n) is 3.64. The Morgan fingerprint density at radius 3 is 2.74 bits per heavy atom. The first-order valence-corrected chi connectivity index (χ1v) is 10.9. The number of benzene rings is 1. The van der Waals surface area contributed by atoms with E-state index in [0.29, 0.717) is 17.9 Å². The number of hydrogen-bond acceptors (Lipinski definition) is 6. The number of hydrazone groups is 1. The van der Waals surface area contributed by atoms with Gasteiger partial charge in [0.05, 0.1) is 24.0 Å². The molecule has 1 aromatic carbocycles. The molecular weight excluding hydrogens is 412 g/mol. The molecule has 1 aliphatic heterocycles. The smallest absolute Gasteiger partial charge is 0.253 e. The molecule has 0 saturated carbocycles. The van der Waals surface area contributed by atoms with Gasteiger partial charge in [0.15, 0.2) is 5.16 Å². The van der Waals surface area contributed by atoms with Crippen LogP contribution in [0.2, 0.25) is 0 Å². The molecule has 8 heteroatoms. The summed E-state index contributed by atoms with van der Waals surface area (Å²) in [6.45, 7) is 2.05. The third-order valence-corrected chi connectivity index (χ3v) is 6.10. The second-order valence-electron chi connectivity index (χ2n) is 7.15. The number of hydrogen-bond donors (Lipinski definition) is 0. The van der Waals surface area contributed by atoms with Gasteiger partial charge >= 0.3 is 0 Å². The van der Waals surface area contributed by atoms with Crippen molar-refractivity contribution in [3.05, 3.63) is 90.5 Å². The van der Waals surface area contributed by atoms with Crippen molar-refractivity contribution in [2.75, 3.05) is 5.75 Å². The number of thioether (sulfide) groups is 1. The van der Waals surface area contributed by atoms with Gasteiger partial charge in [-0.25, -0.2) is 9.99 Å². The zero-order valence-corrected chi connectivity index (χ0v) is 17.7. The second-order valence-corrected chi connectivity index (χ2v) is 8.10. The average Bonchev–Trinajstić information content (AvgIpc) is 3.58. The number of aryl methyl sites for hydroxylation is 1.